The van der Waals surface area contributed by atoms with E-state index in [1.54, 1.807) is 0 Å². The highest BCUT2D eigenvalue weighted by Gasteiger charge is 2.09. The molecule has 11 heavy (non-hydrogen) atoms. The molecule has 0 spiro atoms. The van der Waals surface area contributed by atoms with Crippen molar-refractivity contribution in [3.8, 4) is 0 Å². The zero-order valence-corrected chi connectivity index (χ0v) is 7.23. The Bertz CT molecular complexity index is 231. The summed E-state index contributed by atoms with van der Waals surface area (Å²) in [4.78, 5) is 9.92. The second-order valence-corrected chi connectivity index (χ2v) is 5.32. The lowest BCUT2D eigenvalue weighted by atomic mass is 10.3. The zero-order chi connectivity index (χ0) is 8.91. The Morgan fingerprint density at radius 2 is 2.00 bits per heavy atom. The summed E-state index contributed by atoms with van der Waals surface area (Å²) in [6, 6.07) is 0. The SMILES string of the molecule is O=C(O)CCC[S+]=S(=O)(O)O. The van der Waals surface area contributed by atoms with Gasteiger partial charge in [0.1, 0.15) is 0 Å². The number of rotatable bonds is 4. The molecular weight excluding hydrogens is 192 g/mol. The summed E-state index contributed by atoms with van der Waals surface area (Å²) in [5, 5.41) is 8.14. The van der Waals surface area contributed by atoms with Gasteiger partial charge in [-0.25, -0.2) is 0 Å². The van der Waals surface area contributed by atoms with Crippen molar-refractivity contribution in [3.05, 3.63) is 0 Å². The molecule has 0 saturated heterocycles. The van der Waals surface area contributed by atoms with Crippen LogP contribution in [-0.2, 0) is 24.2 Å². The molecule has 7 heteroatoms. The van der Waals surface area contributed by atoms with Gasteiger partial charge in [0.05, 0.1) is 6.42 Å². The highest BCUT2D eigenvalue weighted by molar-refractivity contribution is 8.34. The molecule has 3 N–H and O–H groups in total. The Labute approximate surface area is 67.7 Å². The number of hydrogen-bond donors (Lipinski definition) is 3. The van der Waals surface area contributed by atoms with Crippen LogP contribution in [0, 0.1) is 0 Å². The summed E-state index contributed by atoms with van der Waals surface area (Å²) in [6.07, 6.45) is 0.223. The number of carboxylic acids is 1. The van der Waals surface area contributed by atoms with Crippen LogP contribution in [0.15, 0.2) is 0 Å². The molecule has 0 aliphatic heterocycles. The minimum atomic E-state index is -3.75. The van der Waals surface area contributed by atoms with Crippen LogP contribution in [0.1, 0.15) is 12.8 Å². The molecule has 0 amide bonds. The first-order valence-electron chi connectivity index (χ1n) is 2.77. The van der Waals surface area contributed by atoms with Gasteiger partial charge in [-0.3, -0.25) is 13.9 Å². The second-order valence-electron chi connectivity index (χ2n) is 1.77. The largest absolute Gasteiger partial charge is 0.481 e. The summed E-state index contributed by atoms with van der Waals surface area (Å²) in [5.74, 6) is -0.786. The summed E-state index contributed by atoms with van der Waals surface area (Å²) in [7, 11) is -3.30. The number of carboxylic acid groups (broad SMARTS) is 1. The Morgan fingerprint density at radius 1 is 1.45 bits per heavy atom. The smallest absolute Gasteiger partial charge is 0.430 e. The highest BCUT2D eigenvalue weighted by atomic mass is 32.9. The molecule has 0 aromatic carbocycles. The number of hydrogen-bond acceptors (Lipinski definition) is 2. The van der Waals surface area contributed by atoms with Gasteiger partial charge in [0.15, 0.2) is 5.75 Å². The van der Waals surface area contributed by atoms with Crippen LogP contribution in [0.3, 0.4) is 0 Å². The average Bonchev–Trinajstić information content (AvgIpc) is 1.78. The van der Waals surface area contributed by atoms with Crippen LogP contribution in [-0.4, -0.2) is 30.1 Å². The lowest BCUT2D eigenvalue weighted by Gasteiger charge is -1.82. The van der Waals surface area contributed by atoms with Gasteiger partial charge in [0.25, 0.3) is 10.3 Å². The van der Waals surface area contributed by atoms with E-state index in [4.69, 9.17) is 14.2 Å². The van der Waals surface area contributed by atoms with E-state index in [0.717, 1.165) is 0 Å². The molecular formula is C4H9O5S2+. The van der Waals surface area contributed by atoms with Crippen molar-refractivity contribution in [2.75, 3.05) is 5.75 Å². The molecule has 0 radical (unpaired) electrons. The first kappa shape index (κ1) is 10.8. The predicted molar refractivity (Wildman–Crippen MR) is 42.5 cm³/mol. The van der Waals surface area contributed by atoms with E-state index in [2.05, 4.69) is 0 Å². The molecule has 0 heterocycles. The van der Waals surface area contributed by atoms with Crippen LogP contribution < -0.4 is 0 Å². The molecule has 5 nitrogen and oxygen atoms in total. The first-order chi connectivity index (χ1) is 4.92. The lowest BCUT2D eigenvalue weighted by Crippen LogP contribution is -2.00. The average molecular weight is 201 g/mol. The third-order valence-electron chi connectivity index (χ3n) is 0.772. The first-order valence-corrected chi connectivity index (χ1v) is 5.74. The molecule has 0 aromatic heterocycles. The van der Waals surface area contributed by atoms with Gasteiger partial charge in [-0.2, -0.15) is 4.21 Å². The normalized spacial score (nSPS) is 11.1. The minimum absolute atomic E-state index is 0.0531. The zero-order valence-electron chi connectivity index (χ0n) is 5.60. The van der Waals surface area contributed by atoms with Gasteiger partial charge in [-0.05, 0) is 0 Å². The summed E-state index contributed by atoms with van der Waals surface area (Å²) in [5.41, 5.74) is 0. The van der Waals surface area contributed by atoms with E-state index in [-0.39, 0.29) is 18.6 Å². The van der Waals surface area contributed by atoms with E-state index in [1.807, 2.05) is 0 Å². The van der Waals surface area contributed by atoms with Crippen molar-refractivity contribution in [2.45, 2.75) is 12.8 Å². The predicted octanol–water partition coefficient (Wildman–Crippen LogP) is 0.0792. The van der Waals surface area contributed by atoms with Crippen LogP contribution in [0.4, 0.5) is 0 Å². The highest BCUT2D eigenvalue weighted by Crippen LogP contribution is 1.89. The van der Waals surface area contributed by atoms with Gasteiger partial charge in [-0.15, -0.1) is 0 Å². The number of carbonyl (C=O) groups is 1. The fraction of sp³-hybridized carbons (Fsp3) is 0.750. The minimum Gasteiger partial charge on any atom is -0.481 e. The maximum Gasteiger partial charge on any atom is 0.430 e. The van der Waals surface area contributed by atoms with Gasteiger partial charge in [0.2, 0.25) is 0 Å². The summed E-state index contributed by atoms with van der Waals surface area (Å²) < 4.78 is 26.7. The van der Waals surface area contributed by atoms with E-state index < -0.39 is 15.0 Å². The van der Waals surface area contributed by atoms with E-state index >= 15 is 0 Å². The van der Waals surface area contributed by atoms with Gasteiger partial charge in [0, 0.05) is 6.42 Å². The Hall–Kier alpha value is -0.240. The van der Waals surface area contributed by atoms with Crippen LogP contribution >= 0.6 is 0 Å². The molecule has 0 aliphatic carbocycles. The van der Waals surface area contributed by atoms with Gasteiger partial charge in [-0.1, -0.05) is 0 Å². The van der Waals surface area contributed by atoms with Crippen molar-refractivity contribution >= 4 is 25.3 Å². The molecule has 0 fully saturated rings. The van der Waals surface area contributed by atoms with Crippen molar-refractivity contribution in [2.24, 2.45) is 0 Å². The molecule has 0 saturated carbocycles. The molecule has 0 rings (SSSR count). The van der Waals surface area contributed by atoms with Crippen LogP contribution in [0.25, 0.3) is 0 Å². The van der Waals surface area contributed by atoms with Crippen LogP contribution in [0.5, 0.6) is 0 Å². The number of aliphatic carboxylic acids is 1. The van der Waals surface area contributed by atoms with Crippen molar-refractivity contribution in [1.82, 2.24) is 0 Å². The van der Waals surface area contributed by atoms with Crippen molar-refractivity contribution < 1.29 is 23.2 Å². The standard InChI is InChI=1S/C4H8O5S2/c5-4(6)2-1-3-10-11(7,8)9/h1-3H2,(H2-,5,6,7,8,9)/p+1. The maximum absolute atomic E-state index is 10.2. The molecule has 66 valence electrons. The molecule has 0 aromatic rings. The van der Waals surface area contributed by atoms with Gasteiger partial charge >= 0.3 is 15.0 Å². The van der Waals surface area contributed by atoms with Crippen molar-refractivity contribution in [3.63, 3.8) is 0 Å². The molecule has 0 aliphatic rings. The van der Waals surface area contributed by atoms with Gasteiger partial charge < -0.3 is 5.11 Å². The third kappa shape index (κ3) is 9.76. The Morgan fingerprint density at radius 3 is 2.36 bits per heavy atom. The fourth-order valence-electron chi connectivity index (χ4n) is 0.391. The summed E-state index contributed by atoms with van der Waals surface area (Å²) >= 11 is 0. The monoisotopic (exact) mass is 201 g/mol. The lowest BCUT2D eigenvalue weighted by molar-refractivity contribution is -0.137. The van der Waals surface area contributed by atoms with E-state index in [1.165, 1.54) is 0 Å². The van der Waals surface area contributed by atoms with Crippen LogP contribution in [0.2, 0.25) is 0 Å². The maximum atomic E-state index is 10.2. The molecule has 0 bridgehead atoms. The topological polar surface area (TPSA) is 94.8 Å². The summed E-state index contributed by atoms with van der Waals surface area (Å²) in [6.45, 7) is 0. The fourth-order valence-corrected chi connectivity index (χ4v) is 1.88. The Kier molecular flexibility index (Phi) is 4.50. The quantitative estimate of drug-likeness (QED) is 0.442. The third-order valence-corrected chi connectivity index (χ3v) is 2.96. The van der Waals surface area contributed by atoms with Crippen molar-refractivity contribution in [1.29, 1.82) is 0 Å². The second kappa shape index (κ2) is 4.60. The van der Waals surface area contributed by atoms with E-state index in [9.17, 15) is 9.00 Å². The van der Waals surface area contributed by atoms with E-state index in [0.29, 0.717) is 10.3 Å². The Balaban J connectivity index is 3.59. The molecule has 0 unspecified atom stereocenters. The molecule has 0 atom stereocenters.